The summed E-state index contributed by atoms with van der Waals surface area (Å²) in [5, 5.41) is 33.2. The second-order valence-electron chi connectivity index (χ2n) is 16.8. The summed E-state index contributed by atoms with van der Waals surface area (Å²) in [5.74, 6) is 1.76. The summed E-state index contributed by atoms with van der Waals surface area (Å²) in [5.41, 5.74) is 11.8. The minimum absolute atomic E-state index is 0.194. The summed E-state index contributed by atoms with van der Waals surface area (Å²) < 4.78 is 15.6. The molecule has 0 atom stereocenters. The number of ether oxygens (including phenoxy) is 3. The number of methoxy groups -OCH3 is 3. The van der Waals surface area contributed by atoms with Gasteiger partial charge in [0.2, 0.25) is 0 Å². The number of aromatic hydroxyl groups is 2. The molecule has 0 bridgehead atoms. The van der Waals surface area contributed by atoms with Crippen LogP contribution in [-0.4, -0.2) is 43.8 Å². The van der Waals surface area contributed by atoms with E-state index >= 15 is 0 Å². The lowest BCUT2D eigenvalue weighted by Crippen LogP contribution is -1.98. The molecule has 8 aromatic carbocycles. The monoisotopic (exact) mass is 931 g/mol. The van der Waals surface area contributed by atoms with Gasteiger partial charge in [0.05, 0.1) is 19.8 Å². The lowest BCUT2D eigenvalue weighted by atomic mass is 9.94. The molecule has 8 rings (SSSR count). The van der Waals surface area contributed by atoms with Crippen LogP contribution in [0.5, 0.6) is 11.5 Å². The summed E-state index contributed by atoms with van der Waals surface area (Å²) in [4.78, 5) is 0. The lowest BCUT2D eigenvalue weighted by molar-refractivity contribution is 0.174. The van der Waals surface area contributed by atoms with Gasteiger partial charge in [-0.15, -0.1) is 0 Å². The fraction of sp³-hybridized carbons (Fsp3) is 0.302. The highest BCUT2D eigenvalue weighted by atomic mass is 16.5. The smallest absolute Gasteiger partial charge is 0.126 e. The van der Waals surface area contributed by atoms with Crippen molar-refractivity contribution in [3.05, 3.63) is 203 Å². The van der Waals surface area contributed by atoms with Crippen molar-refractivity contribution in [3.8, 4) is 33.8 Å². The van der Waals surface area contributed by atoms with Crippen LogP contribution < -0.4 is 0 Å². The van der Waals surface area contributed by atoms with Gasteiger partial charge in [0, 0.05) is 45.1 Å². The van der Waals surface area contributed by atoms with Crippen molar-refractivity contribution >= 4 is 21.5 Å². The van der Waals surface area contributed by atoms with Crippen molar-refractivity contribution in [3.63, 3.8) is 0 Å². The number of phenols is 2. The number of benzene rings is 8. The van der Waals surface area contributed by atoms with E-state index in [0.717, 1.165) is 35.8 Å². The molecule has 0 heterocycles. The number of aryl methyl sites for hydroxylation is 2. The predicted octanol–water partition coefficient (Wildman–Crippen LogP) is 16.2. The van der Waals surface area contributed by atoms with Crippen molar-refractivity contribution < 1.29 is 29.5 Å². The van der Waals surface area contributed by atoms with Gasteiger partial charge in [0.1, 0.15) is 11.5 Å². The van der Waals surface area contributed by atoms with E-state index in [1.54, 1.807) is 21.3 Å². The highest BCUT2D eigenvalue weighted by Crippen LogP contribution is 2.36. The molecule has 69 heavy (non-hydrogen) atoms. The Kier molecular flexibility index (Phi) is 25.6. The van der Waals surface area contributed by atoms with Crippen LogP contribution in [0.4, 0.5) is 0 Å². The number of fused-ring (bicyclic) bond motifs is 2. The van der Waals surface area contributed by atoms with Crippen LogP contribution in [-0.2, 0) is 46.9 Å². The number of aliphatic hydroxyl groups excluding tert-OH is 1. The zero-order chi connectivity index (χ0) is 50.7. The number of rotatable bonds is 12. The van der Waals surface area contributed by atoms with Crippen LogP contribution >= 0.6 is 0 Å². The maximum absolute atomic E-state index is 10.4. The first-order valence-electron chi connectivity index (χ1n) is 24.2. The fourth-order valence-corrected chi connectivity index (χ4v) is 7.94. The predicted molar refractivity (Wildman–Crippen MR) is 294 cm³/mol. The number of hydrogen-bond donors (Lipinski definition) is 3. The van der Waals surface area contributed by atoms with Gasteiger partial charge in [-0.1, -0.05) is 189 Å². The Bertz CT molecular complexity index is 2530. The van der Waals surface area contributed by atoms with E-state index in [-0.39, 0.29) is 11.5 Å². The first-order valence-corrected chi connectivity index (χ1v) is 24.2. The van der Waals surface area contributed by atoms with Crippen LogP contribution in [0, 0.1) is 0 Å². The van der Waals surface area contributed by atoms with E-state index in [4.69, 9.17) is 19.3 Å². The molecule has 0 fully saturated rings. The van der Waals surface area contributed by atoms with Crippen LogP contribution in [0.2, 0.25) is 0 Å². The van der Waals surface area contributed by atoms with Gasteiger partial charge in [0.15, 0.2) is 0 Å². The van der Waals surface area contributed by atoms with Gasteiger partial charge in [0.25, 0.3) is 0 Å². The summed E-state index contributed by atoms with van der Waals surface area (Å²) >= 11 is 0. The molecule has 0 amide bonds. The SMILES string of the molecule is CC.CC(C)c1ccc(C(C)C)cc1.CCc1c2ccccc2cc2ccccc12.CCc1cc(-c2cc(COC)c(O)c(COC)c2)cc(COC)c1O.CO.c1ccc(-c2ccccc2)cc1. The van der Waals surface area contributed by atoms with Crippen LogP contribution in [0.3, 0.4) is 0 Å². The molecule has 0 aliphatic heterocycles. The molecular weight excluding hydrogens is 853 g/mol. The molecule has 3 N–H and O–H groups in total. The Morgan fingerprint density at radius 2 is 0.710 bits per heavy atom. The van der Waals surface area contributed by atoms with E-state index in [2.05, 4.69) is 162 Å². The molecular formula is C63H78O6. The summed E-state index contributed by atoms with van der Waals surface area (Å²) in [7, 11) is 5.79. The minimum Gasteiger partial charge on any atom is -0.507 e. The second-order valence-corrected chi connectivity index (χ2v) is 16.8. The van der Waals surface area contributed by atoms with E-state index in [1.807, 2.05) is 57.2 Å². The molecule has 6 nitrogen and oxygen atoms in total. The average molecular weight is 931 g/mol. The van der Waals surface area contributed by atoms with Crippen molar-refractivity contribution in [1.29, 1.82) is 0 Å². The van der Waals surface area contributed by atoms with Gasteiger partial charge >= 0.3 is 0 Å². The Morgan fingerprint density at radius 3 is 1.03 bits per heavy atom. The van der Waals surface area contributed by atoms with Gasteiger partial charge in [-0.3, -0.25) is 0 Å². The Morgan fingerprint density at radius 1 is 0.391 bits per heavy atom. The summed E-state index contributed by atoms with van der Waals surface area (Å²) in [6.45, 7) is 18.1. The molecule has 366 valence electrons. The maximum atomic E-state index is 10.4. The third kappa shape index (κ3) is 16.7. The number of hydrogen-bond acceptors (Lipinski definition) is 6. The van der Waals surface area contributed by atoms with Crippen molar-refractivity contribution in [2.45, 2.75) is 99.9 Å². The third-order valence-corrected chi connectivity index (χ3v) is 11.5. The van der Waals surface area contributed by atoms with Gasteiger partial charge in [-0.25, -0.2) is 0 Å². The van der Waals surface area contributed by atoms with Crippen LogP contribution in [0.25, 0.3) is 43.8 Å². The largest absolute Gasteiger partial charge is 0.507 e. The maximum Gasteiger partial charge on any atom is 0.126 e. The molecule has 8 aromatic rings. The molecule has 0 aliphatic rings. The number of aliphatic hydroxyl groups is 1. The summed E-state index contributed by atoms with van der Waals surface area (Å²) in [6.07, 6.45) is 1.80. The topological polar surface area (TPSA) is 88.4 Å². The van der Waals surface area contributed by atoms with Gasteiger partial charge in [-0.2, -0.15) is 0 Å². The molecule has 6 heteroatoms. The highest BCUT2D eigenvalue weighted by molar-refractivity contribution is 6.02. The molecule has 0 saturated carbocycles. The molecule has 0 saturated heterocycles. The van der Waals surface area contributed by atoms with Crippen LogP contribution in [0.15, 0.2) is 164 Å². The van der Waals surface area contributed by atoms with Crippen LogP contribution in [0.1, 0.15) is 106 Å². The Balaban J connectivity index is 0.000000248. The van der Waals surface area contributed by atoms with Gasteiger partial charge < -0.3 is 29.5 Å². The van der Waals surface area contributed by atoms with Crippen molar-refractivity contribution in [2.24, 2.45) is 0 Å². The standard InChI is InChI=1S/C20H26O5.C16H14.C12H10.C12H18.C2H6.CH4O/c1-5-13-6-14(7-16(10-23-2)19(13)21)15-8-17(11-24-3)20(22)18(9-15)12-25-4;1-2-14-15-9-5-3-7-12(15)11-13-8-4-6-10-16(13)14;1-3-7-11(8-4-1)12-9-5-2-6-10-12;1-9(2)11-5-7-12(8-6-11)10(3)4;2*1-2/h6-9,21-22H,5,10-12H2,1-4H3;3-11H,2H2,1H3;1-10H;5-10H,1-4H3;1-2H3;2H,1H3. The highest BCUT2D eigenvalue weighted by Gasteiger charge is 2.15. The zero-order valence-corrected chi connectivity index (χ0v) is 43.3. The van der Waals surface area contributed by atoms with E-state index in [1.165, 1.54) is 49.4 Å². The first kappa shape index (κ1) is 57.0. The molecule has 0 aromatic heterocycles. The first-order chi connectivity index (χ1) is 33.5. The quantitative estimate of drug-likeness (QED) is 0.106. The average Bonchev–Trinajstić information content (AvgIpc) is 3.39. The second kappa shape index (κ2) is 31.0. The molecule has 0 radical (unpaired) electrons. The third-order valence-electron chi connectivity index (χ3n) is 11.5. The normalized spacial score (nSPS) is 10.4. The Hall–Kier alpha value is -6.28. The van der Waals surface area contributed by atoms with E-state index in [0.29, 0.717) is 49.2 Å². The van der Waals surface area contributed by atoms with Crippen molar-refractivity contribution in [2.75, 3.05) is 28.4 Å². The van der Waals surface area contributed by atoms with Gasteiger partial charge in [-0.05, 0) is 121 Å². The fourth-order valence-electron chi connectivity index (χ4n) is 7.94. The zero-order valence-electron chi connectivity index (χ0n) is 43.3. The minimum atomic E-state index is 0.194. The molecule has 0 spiro atoms. The molecule has 0 unspecified atom stereocenters. The van der Waals surface area contributed by atoms with E-state index < -0.39 is 0 Å². The summed E-state index contributed by atoms with van der Waals surface area (Å²) in [6, 6.07) is 57.0. The number of phenolic OH excluding ortho intramolecular Hbond substituents is 2. The van der Waals surface area contributed by atoms with E-state index in [9.17, 15) is 10.2 Å². The molecule has 0 aliphatic carbocycles. The Labute approximate surface area is 414 Å². The lowest BCUT2D eigenvalue weighted by Gasteiger charge is -2.15. The van der Waals surface area contributed by atoms with Crippen molar-refractivity contribution in [1.82, 2.24) is 0 Å².